The second kappa shape index (κ2) is 19.1. The molecule has 0 saturated heterocycles. The number of fused-ring (bicyclic) bond motifs is 1. The van der Waals surface area contributed by atoms with Gasteiger partial charge in [0.1, 0.15) is 15.9 Å². The number of rotatable bonds is 13. The molecule has 11 heteroatoms. The molecule has 0 bridgehead atoms. The number of carbonyl (C=O) groups excluding carboxylic acids is 4. The molecule has 58 heavy (non-hydrogen) atoms. The van der Waals surface area contributed by atoms with E-state index in [1.54, 1.807) is 55.5 Å². The summed E-state index contributed by atoms with van der Waals surface area (Å²) in [5.74, 6) is -1.35. The lowest BCUT2D eigenvalue weighted by molar-refractivity contribution is -0.116. The van der Waals surface area contributed by atoms with Crippen molar-refractivity contribution < 1.29 is 23.9 Å². The number of hydrogen-bond acceptors (Lipinski definition) is 7. The van der Waals surface area contributed by atoms with Crippen LogP contribution in [0.15, 0.2) is 155 Å². The molecule has 7 rings (SSSR count). The normalized spacial score (nSPS) is 14.1. The monoisotopic (exact) mass is 869 g/mol. The van der Waals surface area contributed by atoms with Crippen LogP contribution in [0.5, 0.6) is 0 Å². The molecule has 0 radical (unpaired) electrons. The van der Waals surface area contributed by atoms with Crippen molar-refractivity contribution in [2.45, 2.75) is 42.2 Å². The second-order valence-electron chi connectivity index (χ2n) is 13.6. The fraction of sp³-hybridized carbons (Fsp3) is 0.149. The first-order chi connectivity index (χ1) is 28.2. The summed E-state index contributed by atoms with van der Waals surface area (Å²) in [6.45, 7) is 2.00. The lowest BCUT2D eigenvalue weighted by Crippen LogP contribution is -2.30. The van der Waals surface area contributed by atoms with Crippen molar-refractivity contribution in [1.29, 1.82) is 0 Å². The fourth-order valence-electron chi connectivity index (χ4n) is 6.83. The van der Waals surface area contributed by atoms with Crippen molar-refractivity contribution >= 4 is 79.5 Å². The quantitative estimate of drug-likeness (QED) is 0.0605. The van der Waals surface area contributed by atoms with E-state index in [0.717, 1.165) is 43.8 Å². The highest BCUT2D eigenvalue weighted by Gasteiger charge is 2.32. The minimum Gasteiger partial charge on any atom is -0.462 e. The molecule has 2 atom stereocenters. The first-order valence-corrected chi connectivity index (χ1v) is 21.4. The van der Waals surface area contributed by atoms with Gasteiger partial charge in [-0.3, -0.25) is 14.4 Å². The molecule has 1 aliphatic rings. The third-order valence-electron chi connectivity index (χ3n) is 9.65. The third-order valence-corrected chi connectivity index (χ3v) is 12.6. The summed E-state index contributed by atoms with van der Waals surface area (Å²) in [6, 6.07) is 43.1. The van der Waals surface area contributed by atoms with Crippen molar-refractivity contribution in [2.75, 3.05) is 17.2 Å². The molecule has 0 spiro atoms. The zero-order valence-corrected chi connectivity index (χ0v) is 34.8. The minimum atomic E-state index is -0.712. The van der Waals surface area contributed by atoms with Crippen LogP contribution < -0.4 is 16.0 Å². The van der Waals surface area contributed by atoms with Gasteiger partial charge in [0.2, 0.25) is 5.91 Å². The van der Waals surface area contributed by atoms with Gasteiger partial charge in [0.05, 0.1) is 12.2 Å². The van der Waals surface area contributed by atoms with Crippen LogP contribution in [-0.2, 0) is 27.2 Å². The van der Waals surface area contributed by atoms with E-state index in [9.17, 15) is 19.2 Å². The molecular weight excluding hydrogens is 831 g/mol. The van der Waals surface area contributed by atoms with Crippen molar-refractivity contribution in [3.63, 3.8) is 0 Å². The predicted octanol–water partition coefficient (Wildman–Crippen LogP) is 10.8. The maximum atomic E-state index is 14.4. The Morgan fingerprint density at radius 2 is 1.53 bits per heavy atom. The van der Waals surface area contributed by atoms with Crippen molar-refractivity contribution in [1.82, 2.24) is 5.32 Å². The first-order valence-electron chi connectivity index (χ1n) is 18.9. The lowest BCUT2D eigenvalue weighted by atomic mass is 9.83. The molecule has 0 saturated carbocycles. The topological polar surface area (TPSA) is 114 Å². The Kier molecular flexibility index (Phi) is 13.3. The van der Waals surface area contributed by atoms with Crippen LogP contribution >= 0.6 is 39.0 Å². The van der Waals surface area contributed by atoms with Gasteiger partial charge in [0.15, 0.2) is 0 Å². The molecule has 0 aliphatic heterocycles. The highest BCUT2D eigenvalue weighted by molar-refractivity contribution is 9.10. The average molecular weight is 871 g/mol. The molecule has 1 heterocycles. The van der Waals surface area contributed by atoms with Gasteiger partial charge in [-0.05, 0) is 103 Å². The molecular formula is C47H40BrN3O5S2. The summed E-state index contributed by atoms with van der Waals surface area (Å²) in [4.78, 5) is 56.7. The van der Waals surface area contributed by atoms with Gasteiger partial charge in [-0.25, -0.2) is 4.79 Å². The number of halogens is 1. The Morgan fingerprint density at radius 1 is 0.845 bits per heavy atom. The molecule has 2 unspecified atom stereocenters. The Hall–Kier alpha value is -5.75. The first kappa shape index (κ1) is 40.4. The number of amides is 3. The molecule has 0 fully saturated rings. The average Bonchev–Trinajstić information content (AvgIpc) is 3.61. The lowest BCUT2D eigenvalue weighted by Gasteiger charge is -2.23. The van der Waals surface area contributed by atoms with Gasteiger partial charge < -0.3 is 20.7 Å². The van der Waals surface area contributed by atoms with Crippen LogP contribution in [0.25, 0.3) is 6.08 Å². The van der Waals surface area contributed by atoms with Crippen molar-refractivity contribution in [3.8, 4) is 0 Å². The number of benzene rings is 5. The van der Waals surface area contributed by atoms with Gasteiger partial charge in [-0.2, -0.15) is 0 Å². The van der Waals surface area contributed by atoms with Gasteiger partial charge in [-0.15, -0.1) is 23.1 Å². The van der Waals surface area contributed by atoms with E-state index in [-0.39, 0.29) is 18.2 Å². The highest BCUT2D eigenvalue weighted by atomic mass is 79.9. The number of hydrogen-bond donors (Lipinski definition) is 3. The van der Waals surface area contributed by atoms with E-state index in [1.165, 1.54) is 28.7 Å². The Bertz CT molecular complexity index is 2440. The number of thioether (sulfide) groups is 1. The van der Waals surface area contributed by atoms with E-state index in [0.29, 0.717) is 34.2 Å². The SMILES string of the molecule is CCOC(=O)c1c(NC(=O)C(Sc2cccc(NC(=O)/C(=C/c3ccc(Br)cc3)NC(=O)c3ccccc3)c2)c2ccccc2)sc2c1CCC(c1ccccc1)C2. The van der Waals surface area contributed by atoms with Gasteiger partial charge in [0.25, 0.3) is 11.8 Å². The van der Waals surface area contributed by atoms with Crippen LogP contribution in [0, 0.1) is 0 Å². The number of anilines is 2. The number of nitrogens with one attached hydrogen (secondary N) is 3. The van der Waals surface area contributed by atoms with Gasteiger partial charge in [0, 0.05) is 25.5 Å². The molecule has 3 N–H and O–H groups in total. The summed E-state index contributed by atoms with van der Waals surface area (Å²) < 4.78 is 6.40. The minimum absolute atomic E-state index is 0.0573. The van der Waals surface area contributed by atoms with Crippen LogP contribution in [0.2, 0.25) is 0 Å². The summed E-state index contributed by atoms with van der Waals surface area (Å²) in [7, 11) is 0. The van der Waals surface area contributed by atoms with E-state index in [1.807, 2.05) is 84.9 Å². The summed E-state index contributed by atoms with van der Waals surface area (Å²) in [6.07, 6.45) is 3.99. The Morgan fingerprint density at radius 3 is 2.24 bits per heavy atom. The van der Waals surface area contributed by atoms with Crippen LogP contribution in [0.4, 0.5) is 10.7 Å². The zero-order chi connectivity index (χ0) is 40.4. The molecule has 292 valence electrons. The molecule has 5 aromatic carbocycles. The van der Waals surface area contributed by atoms with Crippen LogP contribution in [0.1, 0.15) is 72.4 Å². The number of carbonyl (C=O) groups is 4. The molecule has 6 aromatic rings. The maximum absolute atomic E-state index is 14.4. The Balaban J connectivity index is 1.13. The number of ether oxygens (including phenoxy) is 1. The zero-order valence-electron chi connectivity index (χ0n) is 31.6. The standard InChI is InChI=1S/C47H40BrN3O5S2/c1-2-56-47(55)41-38-26-23-34(31-13-6-3-7-14-31)28-40(38)58-46(41)51-45(54)42(32-15-8-4-9-16-32)57-37-20-12-19-36(29-37)49-44(53)39(27-30-21-24-35(48)25-22-30)50-43(52)33-17-10-5-11-18-33/h3-22,24-25,27,29,34,42H,2,23,26,28H2,1H3,(H,49,53)(H,50,52)(H,51,54)/b39-27-. The van der Waals surface area contributed by atoms with Crippen molar-refractivity contribution in [3.05, 3.63) is 188 Å². The summed E-state index contributed by atoms with van der Waals surface area (Å²) in [5.41, 5.74) is 5.08. The van der Waals surface area contributed by atoms with E-state index in [2.05, 4.69) is 44.0 Å². The maximum Gasteiger partial charge on any atom is 0.341 e. The highest BCUT2D eigenvalue weighted by Crippen LogP contribution is 2.44. The number of esters is 1. The molecule has 1 aliphatic carbocycles. The summed E-state index contributed by atoms with van der Waals surface area (Å²) in [5, 5.41) is 8.63. The Labute approximate surface area is 354 Å². The van der Waals surface area contributed by atoms with Gasteiger partial charge >= 0.3 is 5.97 Å². The third kappa shape index (κ3) is 10.0. The van der Waals surface area contributed by atoms with Gasteiger partial charge in [-0.1, -0.05) is 113 Å². The molecule has 8 nitrogen and oxygen atoms in total. The van der Waals surface area contributed by atoms with Crippen LogP contribution in [-0.4, -0.2) is 30.3 Å². The van der Waals surface area contributed by atoms with E-state index in [4.69, 9.17) is 4.74 Å². The predicted molar refractivity (Wildman–Crippen MR) is 236 cm³/mol. The van der Waals surface area contributed by atoms with Crippen LogP contribution in [0.3, 0.4) is 0 Å². The second-order valence-corrected chi connectivity index (χ2v) is 16.8. The van der Waals surface area contributed by atoms with E-state index >= 15 is 0 Å². The van der Waals surface area contributed by atoms with Crippen molar-refractivity contribution in [2.24, 2.45) is 0 Å². The van der Waals surface area contributed by atoms with E-state index < -0.39 is 23.0 Å². The molecule has 3 amide bonds. The smallest absolute Gasteiger partial charge is 0.341 e. The summed E-state index contributed by atoms with van der Waals surface area (Å²) >= 11 is 6.21. The number of thiophene rings is 1. The fourth-order valence-corrected chi connectivity index (χ4v) is 9.50. The molecule has 1 aromatic heterocycles. The largest absolute Gasteiger partial charge is 0.462 e.